The van der Waals surface area contributed by atoms with E-state index >= 15 is 0 Å². The number of halogens is 1. The molecule has 2 rings (SSSR count). The molecule has 0 unspecified atom stereocenters. The molecule has 1 aromatic rings. The molecule has 1 aliphatic rings. The number of carbonyl (C=O) groups is 1. The Morgan fingerprint density at radius 1 is 1.50 bits per heavy atom. The molecular formula is C15H21BrN2O2. The Hall–Kier alpha value is -0.910. The number of hydrogen-bond donors (Lipinski definition) is 1. The molecule has 4 nitrogen and oxygen atoms in total. The number of piperazine rings is 1. The van der Waals surface area contributed by atoms with Crippen LogP contribution in [0, 0.1) is 0 Å². The van der Waals surface area contributed by atoms with E-state index in [9.17, 15) is 4.79 Å². The number of esters is 1. The SMILES string of the molecule is COC(=O)[C@H](Cc1ccc(Br)cc1)N1CCN[C@@H](C)C1. The van der Waals surface area contributed by atoms with Crippen LogP contribution in [0.15, 0.2) is 28.7 Å². The lowest BCUT2D eigenvalue weighted by atomic mass is 10.0. The summed E-state index contributed by atoms with van der Waals surface area (Å²) in [6.45, 7) is 4.80. The molecule has 1 aliphatic heterocycles. The monoisotopic (exact) mass is 340 g/mol. The van der Waals surface area contributed by atoms with Gasteiger partial charge in [-0.05, 0) is 31.0 Å². The number of hydrogen-bond acceptors (Lipinski definition) is 4. The average molecular weight is 341 g/mol. The van der Waals surface area contributed by atoms with Gasteiger partial charge in [-0.2, -0.15) is 0 Å². The van der Waals surface area contributed by atoms with E-state index in [0.29, 0.717) is 12.5 Å². The molecule has 0 saturated carbocycles. The Bertz CT molecular complexity index is 450. The van der Waals surface area contributed by atoms with Gasteiger partial charge in [0.25, 0.3) is 0 Å². The molecule has 1 heterocycles. The Morgan fingerprint density at radius 2 is 2.20 bits per heavy atom. The first kappa shape index (κ1) is 15.5. The van der Waals surface area contributed by atoms with Crippen molar-refractivity contribution in [3.63, 3.8) is 0 Å². The molecule has 0 aromatic heterocycles. The lowest BCUT2D eigenvalue weighted by Crippen LogP contribution is -2.55. The summed E-state index contributed by atoms with van der Waals surface area (Å²) < 4.78 is 6.03. The van der Waals surface area contributed by atoms with E-state index in [-0.39, 0.29) is 12.0 Å². The average Bonchev–Trinajstić information content (AvgIpc) is 2.46. The van der Waals surface area contributed by atoms with Crippen molar-refractivity contribution >= 4 is 21.9 Å². The zero-order valence-corrected chi connectivity index (χ0v) is 13.5. The van der Waals surface area contributed by atoms with E-state index in [0.717, 1.165) is 29.7 Å². The van der Waals surface area contributed by atoms with Crippen molar-refractivity contribution in [3.8, 4) is 0 Å². The maximum atomic E-state index is 12.1. The number of nitrogens with zero attached hydrogens (tertiary/aromatic N) is 1. The highest BCUT2D eigenvalue weighted by Crippen LogP contribution is 2.16. The quantitative estimate of drug-likeness (QED) is 0.849. The summed E-state index contributed by atoms with van der Waals surface area (Å²) in [5.41, 5.74) is 1.15. The van der Waals surface area contributed by atoms with E-state index in [1.807, 2.05) is 24.3 Å². The van der Waals surface area contributed by atoms with Gasteiger partial charge in [0.2, 0.25) is 0 Å². The summed E-state index contributed by atoms with van der Waals surface area (Å²) in [6, 6.07) is 8.30. The first-order valence-corrected chi connectivity index (χ1v) is 7.69. The largest absolute Gasteiger partial charge is 0.468 e. The zero-order chi connectivity index (χ0) is 14.5. The van der Waals surface area contributed by atoms with E-state index in [1.54, 1.807) is 0 Å². The van der Waals surface area contributed by atoms with Gasteiger partial charge < -0.3 is 10.1 Å². The number of ether oxygens (including phenoxy) is 1. The van der Waals surface area contributed by atoms with Gasteiger partial charge in [-0.3, -0.25) is 9.69 Å². The summed E-state index contributed by atoms with van der Waals surface area (Å²) in [5.74, 6) is -0.151. The molecule has 1 aromatic carbocycles. The fourth-order valence-corrected chi connectivity index (χ4v) is 2.85. The van der Waals surface area contributed by atoms with Crippen LogP contribution in [-0.4, -0.2) is 49.7 Å². The number of methoxy groups -OCH3 is 1. The molecule has 20 heavy (non-hydrogen) atoms. The molecule has 5 heteroatoms. The first-order valence-electron chi connectivity index (χ1n) is 6.90. The van der Waals surface area contributed by atoms with Gasteiger partial charge in [0.05, 0.1) is 7.11 Å². The van der Waals surface area contributed by atoms with Crippen LogP contribution in [0.2, 0.25) is 0 Å². The molecule has 0 radical (unpaired) electrons. The molecule has 110 valence electrons. The molecule has 0 aliphatic carbocycles. The van der Waals surface area contributed by atoms with Gasteiger partial charge in [-0.25, -0.2) is 0 Å². The normalized spacial score (nSPS) is 21.4. The number of carbonyl (C=O) groups excluding carboxylic acids is 1. The van der Waals surface area contributed by atoms with Crippen molar-refractivity contribution in [2.75, 3.05) is 26.7 Å². The molecule has 2 atom stereocenters. The fraction of sp³-hybridized carbons (Fsp3) is 0.533. The van der Waals surface area contributed by atoms with Gasteiger partial charge in [-0.1, -0.05) is 28.1 Å². The van der Waals surface area contributed by atoms with Crippen LogP contribution in [-0.2, 0) is 16.0 Å². The minimum atomic E-state index is -0.203. The number of nitrogens with one attached hydrogen (secondary N) is 1. The van der Waals surface area contributed by atoms with Gasteiger partial charge in [0.15, 0.2) is 0 Å². The van der Waals surface area contributed by atoms with E-state index < -0.39 is 0 Å². The fourth-order valence-electron chi connectivity index (χ4n) is 2.59. The molecule has 1 N–H and O–H groups in total. The second-order valence-electron chi connectivity index (χ2n) is 5.22. The predicted octanol–water partition coefficient (Wildman–Crippen LogP) is 1.83. The highest BCUT2D eigenvalue weighted by molar-refractivity contribution is 9.10. The zero-order valence-electron chi connectivity index (χ0n) is 11.9. The topological polar surface area (TPSA) is 41.6 Å². The third-order valence-corrected chi connectivity index (χ3v) is 4.19. The minimum Gasteiger partial charge on any atom is -0.468 e. The summed E-state index contributed by atoms with van der Waals surface area (Å²) >= 11 is 3.43. The summed E-state index contributed by atoms with van der Waals surface area (Å²) in [5, 5.41) is 3.40. The summed E-state index contributed by atoms with van der Waals surface area (Å²) in [7, 11) is 1.46. The standard InChI is InChI=1S/C15H21BrN2O2/c1-11-10-18(8-7-17-11)14(15(19)20-2)9-12-3-5-13(16)6-4-12/h3-6,11,14,17H,7-10H2,1-2H3/t11-,14-/m0/s1. The molecular weight excluding hydrogens is 320 g/mol. The molecule has 1 fully saturated rings. The predicted molar refractivity (Wildman–Crippen MR) is 82.7 cm³/mol. The molecule has 1 saturated heterocycles. The highest BCUT2D eigenvalue weighted by atomic mass is 79.9. The van der Waals surface area contributed by atoms with Crippen LogP contribution < -0.4 is 5.32 Å². The first-order chi connectivity index (χ1) is 9.60. The smallest absolute Gasteiger partial charge is 0.323 e. The van der Waals surface area contributed by atoms with Crippen LogP contribution in [0.25, 0.3) is 0 Å². The van der Waals surface area contributed by atoms with E-state index in [2.05, 4.69) is 33.1 Å². The Labute approximate surface area is 128 Å². The lowest BCUT2D eigenvalue weighted by Gasteiger charge is -2.36. The van der Waals surface area contributed by atoms with Crippen LogP contribution >= 0.6 is 15.9 Å². The number of rotatable bonds is 4. The maximum absolute atomic E-state index is 12.1. The highest BCUT2D eigenvalue weighted by Gasteiger charge is 2.29. The van der Waals surface area contributed by atoms with Crippen LogP contribution in [0.1, 0.15) is 12.5 Å². The summed E-state index contributed by atoms with van der Waals surface area (Å²) in [4.78, 5) is 14.3. The van der Waals surface area contributed by atoms with Gasteiger partial charge in [0.1, 0.15) is 6.04 Å². The van der Waals surface area contributed by atoms with Gasteiger partial charge >= 0.3 is 5.97 Å². The van der Waals surface area contributed by atoms with E-state index in [4.69, 9.17) is 4.74 Å². The summed E-state index contributed by atoms with van der Waals surface area (Å²) in [6.07, 6.45) is 0.687. The molecule has 0 amide bonds. The van der Waals surface area contributed by atoms with Crippen molar-refractivity contribution < 1.29 is 9.53 Å². The Balaban J connectivity index is 2.10. The Kier molecular flexibility index (Phi) is 5.57. The second kappa shape index (κ2) is 7.20. The van der Waals surface area contributed by atoms with Crippen molar-refractivity contribution in [3.05, 3.63) is 34.3 Å². The minimum absolute atomic E-state index is 0.151. The van der Waals surface area contributed by atoms with Crippen molar-refractivity contribution in [2.24, 2.45) is 0 Å². The third-order valence-electron chi connectivity index (χ3n) is 3.66. The van der Waals surface area contributed by atoms with Crippen LogP contribution in [0.5, 0.6) is 0 Å². The van der Waals surface area contributed by atoms with Crippen molar-refractivity contribution in [1.29, 1.82) is 0 Å². The maximum Gasteiger partial charge on any atom is 0.323 e. The van der Waals surface area contributed by atoms with Crippen LogP contribution in [0.4, 0.5) is 0 Å². The van der Waals surface area contributed by atoms with Gasteiger partial charge in [-0.15, -0.1) is 0 Å². The lowest BCUT2D eigenvalue weighted by molar-refractivity contribution is -0.147. The van der Waals surface area contributed by atoms with E-state index in [1.165, 1.54) is 7.11 Å². The second-order valence-corrected chi connectivity index (χ2v) is 6.14. The third kappa shape index (κ3) is 4.04. The van der Waals surface area contributed by atoms with Gasteiger partial charge in [0, 0.05) is 30.1 Å². The molecule has 0 bridgehead atoms. The Morgan fingerprint density at radius 3 is 2.80 bits per heavy atom. The molecule has 0 spiro atoms. The van der Waals surface area contributed by atoms with Crippen molar-refractivity contribution in [1.82, 2.24) is 10.2 Å². The van der Waals surface area contributed by atoms with Crippen molar-refractivity contribution in [2.45, 2.75) is 25.4 Å². The van der Waals surface area contributed by atoms with Crippen LogP contribution in [0.3, 0.4) is 0 Å². The number of benzene rings is 1.